The standard InChI is InChI=1S/C13H11ClN4S/c14-12-6-17-13(19-12)7-16-10-3-1-9(2-4-10)11-5-15-8-18-11/h1-6,8,16H,7H2,(H,15,18). The van der Waals surface area contributed by atoms with E-state index in [-0.39, 0.29) is 0 Å². The second kappa shape index (κ2) is 5.42. The van der Waals surface area contributed by atoms with E-state index >= 15 is 0 Å². The van der Waals surface area contributed by atoms with E-state index in [4.69, 9.17) is 11.6 Å². The SMILES string of the molecule is Clc1cnc(CNc2ccc(-c3cnc[nH]3)cc2)s1. The molecule has 96 valence electrons. The Balaban J connectivity index is 1.66. The first-order valence-corrected chi connectivity index (χ1v) is 6.93. The molecule has 2 aromatic heterocycles. The zero-order valence-corrected chi connectivity index (χ0v) is 11.5. The van der Waals surface area contributed by atoms with Crippen LogP contribution in [0.1, 0.15) is 5.01 Å². The minimum Gasteiger partial charge on any atom is -0.379 e. The summed E-state index contributed by atoms with van der Waals surface area (Å²) >= 11 is 7.33. The van der Waals surface area contributed by atoms with Gasteiger partial charge in [-0.25, -0.2) is 9.97 Å². The Hall–Kier alpha value is -1.85. The molecule has 0 aliphatic carbocycles. The highest BCUT2D eigenvalue weighted by Crippen LogP contribution is 2.21. The summed E-state index contributed by atoms with van der Waals surface area (Å²) < 4.78 is 0.714. The first-order valence-electron chi connectivity index (χ1n) is 5.74. The summed E-state index contributed by atoms with van der Waals surface area (Å²) in [6.07, 6.45) is 5.15. The van der Waals surface area contributed by atoms with E-state index in [9.17, 15) is 0 Å². The van der Waals surface area contributed by atoms with Crippen LogP contribution in [0.5, 0.6) is 0 Å². The number of aromatic amines is 1. The third-order valence-electron chi connectivity index (χ3n) is 2.66. The number of H-pyrrole nitrogens is 1. The average molecular weight is 291 g/mol. The zero-order chi connectivity index (χ0) is 13.1. The normalized spacial score (nSPS) is 10.6. The molecule has 0 spiro atoms. The molecule has 0 saturated heterocycles. The van der Waals surface area contributed by atoms with Crippen molar-refractivity contribution in [2.45, 2.75) is 6.54 Å². The van der Waals surface area contributed by atoms with Crippen LogP contribution >= 0.6 is 22.9 Å². The van der Waals surface area contributed by atoms with Crippen LogP contribution in [0.3, 0.4) is 0 Å². The maximum atomic E-state index is 5.84. The highest BCUT2D eigenvalue weighted by atomic mass is 35.5. The third kappa shape index (κ3) is 2.94. The van der Waals surface area contributed by atoms with Gasteiger partial charge in [-0.05, 0) is 17.7 Å². The number of imidazole rings is 1. The molecule has 4 nitrogen and oxygen atoms in total. The predicted octanol–water partition coefficient (Wildman–Crippen LogP) is 3.80. The lowest BCUT2D eigenvalue weighted by Crippen LogP contribution is -1.98. The Morgan fingerprint density at radius 2 is 2.05 bits per heavy atom. The highest BCUT2D eigenvalue weighted by molar-refractivity contribution is 7.15. The molecule has 19 heavy (non-hydrogen) atoms. The molecule has 3 rings (SSSR count). The summed E-state index contributed by atoms with van der Waals surface area (Å²) in [5.41, 5.74) is 3.17. The monoisotopic (exact) mass is 290 g/mol. The first-order chi connectivity index (χ1) is 9.31. The number of thiazole rings is 1. The number of aromatic nitrogens is 3. The molecule has 1 aromatic carbocycles. The average Bonchev–Trinajstić information content (AvgIpc) is 3.08. The van der Waals surface area contributed by atoms with Gasteiger partial charge in [0.15, 0.2) is 0 Å². The molecule has 6 heteroatoms. The van der Waals surface area contributed by atoms with Gasteiger partial charge in [-0.1, -0.05) is 23.7 Å². The summed E-state index contributed by atoms with van der Waals surface area (Å²) in [5, 5.41) is 4.28. The van der Waals surface area contributed by atoms with Crippen molar-refractivity contribution < 1.29 is 0 Å². The number of nitrogens with zero attached hydrogens (tertiary/aromatic N) is 2. The molecule has 0 unspecified atom stereocenters. The summed E-state index contributed by atoms with van der Waals surface area (Å²) in [4.78, 5) is 11.3. The van der Waals surface area contributed by atoms with Gasteiger partial charge in [-0.2, -0.15) is 0 Å². The van der Waals surface area contributed by atoms with Gasteiger partial charge in [0.25, 0.3) is 0 Å². The molecule has 0 radical (unpaired) electrons. The second-order valence-electron chi connectivity index (χ2n) is 3.95. The van der Waals surface area contributed by atoms with Crippen molar-refractivity contribution in [2.24, 2.45) is 0 Å². The molecule has 2 N–H and O–H groups in total. The molecule has 0 bridgehead atoms. The topological polar surface area (TPSA) is 53.6 Å². The van der Waals surface area contributed by atoms with Crippen molar-refractivity contribution in [1.29, 1.82) is 0 Å². The maximum absolute atomic E-state index is 5.84. The smallest absolute Gasteiger partial charge is 0.113 e. The maximum Gasteiger partial charge on any atom is 0.113 e. The zero-order valence-electron chi connectivity index (χ0n) is 9.93. The van der Waals surface area contributed by atoms with Crippen LogP contribution in [0, 0.1) is 0 Å². The number of halogens is 1. The Bertz CT molecular complexity index is 646. The van der Waals surface area contributed by atoms with Crippen molar-refractivity contribution in [3.63, 3.8) is 0 Å². The molecule has 2 heterocycles. The summed E-state index contributed by atoms with van der Waals surface area (Å²) in [6, 6.07) is 8.16. The fourth-order valence-electron chi connectivity index (χ4n) is 1.73. The Morgan fingerprint density at radius 1 is 1.21 bits per heavy atom. The van der Waals surface area contributed by atoms with Crippen LogP contribution in [-0.4, -0.2) is 15.0 Å². The number of benzene rings is 1. The van der Waals surface area contributed by atoms with E-state index in [0.717, 1.165) is 22.0 Å². The van der Waals surface area contributed by atoms with Gasteiger partial charge >= 0.3 is 0 Å². The van der Waals surface area contributed by atoms with Crippen LogP contribution in [0.4, 0.5) is 5.69 Å². The first kappa shape index (κ1) is 12.2. The van der Waals surface area contributed by atoms with Gasteiger partial charge < -0.3 is 10.3 Å². The third-order valence-corrected chi connectivity index (χ3v) is 3.78. The molecule has 0 aliphatic rings. The minimum absolute atomic E-state index is 0.681. The van der Waals surface area contributed by atoms with E-state index in [1.54, 1.807) is 18.7 Å². The lowest BCUT2D eigenvalue weighted by Gasteiger charge is -2.05. The van der Waals surface area contributed by atoms with Gasteiger partial charge in [-0.15, -0.1) is 11.3 Å². The molecule has 0 saturated carbocycles. The van der Waals surface area contributed by atoms with E-state index in [1.165, 1.54) is 11.3 Å². The number of anilines is 1. The van der Waals surface area contributed by atoms with Crippen molar-refractivity contribution in [3.8, 4) is 11.3 Å². The predicted molar refractivity (Wildman–Crippen MR) is 78.5 cm³/mol. The van der Waals surface area contributed by atoms with Crippen molar-refractivity contribution >= 4 is 28.6 Å². The van der Waals surface area contributed by atoms with Crippen LogP contribution in [0.2, 0.25) is 4.34 Å². The van der Waals surface area contributed by atoms with Crippen molar-refractivity contribution in [2.75, 3.05) is 5.32 Å². The Labute approximate surface area is 119 Å². The number of rotatable bonds is 4. The van der Waals surface area contributed by atoms with Gasteiger partial charge in [0.05, 0.1) is 31.0 Å². The van der Waals surface area contributed by atoms with E-state index in [2.05, 4.69) is 20.3 Å². The molecule has 3 aromatic rings. The lowest BCUT2D eigenvalue weighted by molar-refractivity contribution is 1.10. The van der Waals surface area contributed by atoms with Gasteiger partial charge in [-0.3, -0.25) is 0 Å². The number of hydrogen-bond donors (Lipinski definition) is 2. The van der Waals surface area contributed by atoms with Gasteiger partial charge in [0.2, 0.25) is 0 Å². The van der Waals surface area contributed by atoms with E-state index in [1.807, 2.05) is 24.3 Å². The quantitative estimate of drug-likeness (QED) is 0.768. The molecular weight excluding hydrogens is 280 g/mol. The Morgan fingerprint density at radius 3 is 2.68 bits per heavy atom. The highest BCUT2D eigenvalue weighted by Gasteiger charge is 2.01. The molecular formula is C13H11ClN4S. The lowest BCUT2D eigenvalue weighted by atomic mass is 10.1. The van der Waals surface area contributed by atoms with Gasteiger partial charge in [0, 0.05) is 5.69 Å². The summed E-state index contributed by atoms with van der Waals surface area (Å²) in [5.74, 6) is 0. The fraction of sp³-hybridized carbons (Fsp3) is 0.0769. The fourth-order valence-corrected chi connectivity index (χ4v) is 2.63. The van der Waals surface area contributed by atoms with E-state index < -0.39 is 0 Å². The second-order valence-corrected chi connectivity index (χ2v) is 5.70. The van der Waals surface area contributed by atoms with Crippen LogP contribution in [-0.2, 0) is 6.54 Å². The Kier molecular flexibility index (Phi) is 3.48. The van der Waals surface area contributed by atoms with Crippen LogP contribution in [0.25, 0.3) is 11.3 Å². The number of nitrogens with one attached hydrogen (secondary N) is 2. The molecule has 0 atom stereocenters. The molecule has 0 aliphatic heterocycles. The van der Waals surface area contributed by atoms with Crippen molar-refractivity contribution in [3.05, 3.63) is 52.3 Å². The largest absolute Gasteiger partial charge is 0.379 e. The summed E-state index contributed by atoms with van der Waals surface area (Å²) in [7, 11) is 0. The number of hydrogen-bond acceptors (Lipinski definition) is 4. The summed E-state index contributed by atoms with van der Waals surface area (Å²) in [6.45, 7) is 0.681. The van der Waals surface area contributed by atoms with Gasteiger partial charge in [0.1, 0.15) is 9.34 Å². The van der Waals surface area contributed by atoms with Crippen LogP contribution < -0.4 is 5.32 Å². The minimum atomic E-state index is 0.681. The van der Waals surface area contributed by atoms with Crippen molar-refractivity contribution in [1.82, 2.24) is 15.0 Å². The van der Waals surface area contributed by atoms with E-state index in [0.29, 0.717) is 10.9 Å². The molecule has 0 fully saturated rings. The molecule has 0 amide bonds. The van der Waals surface area contributed by atoms with Crippen LogP contribution in [0.15, 0.2) is 43.0 Å².